The minimum Gasteiger partial charge on any atom is -0.332 e. The standard InChI is InChI=1S/C24H33FN2O2S/c1-4-6-7-10-23(28)27(19(3)5-2)18-24(29)26(17-22-9-8-15-30-22)16-20-11-13-21(25)14-12-20/h8-9,11-15,19H,4-7,10,16-18H2,1-3H3/t19-/m0/s1. The van der Waals surface area contributed by atoms with Crippen LogP contribution in [0.3, 0.4) is 0 Å². The van der Waals surface area contributed by atoms with E-state index in [0.717, 1.165) is 36.1 Å². The zero-order chi connectivity index (χ0) is 21.9. The summed E-state index contributed by atoms with van der Waals surface area (Å²) < 4.78 is 13.3. The molecule has 6 heteroatoms. The van der Waals surface area contributed by atoms with Crippen LogP contribution in [0.25, 0.3) is 0 Å². The van der Waals surface area contributed by atoms with E-state index in [1.807, 2.05) is 31.4 Å². The van der Waals surface area contributed by atoms with Crippen LogP contribution in [0, 0.1) is 5.82 Å². The molecule has 0 aliphatic rings. The Bertz CT molecular complexity index is 777. The molecule has 0 saturated heterocycles. The summed E-state index contributed by atoms with van der Waals surface area (Å²) in [5.41, 5.74) is 0.866. The van der Waals surface area contributed by atoms with Crippen molar-refractivity contribution in [2.75, 3.05) is 6.54 Å². The molecular formula is C24H33FN2O2S. The molecule has 4 nitrogen and oxygen atoms in total. The summed E-state index contributed by atoms with van der Waals surface area (Å²) in [4.78, 5) is 30.6. The predicted molar refractivity (Wildman–Crippen MR) is 121 cm³/mol. The van der Waals surface area contributed by atoms with Crippen molar-refractivity contribution in [1.82, 2.24) is 9.80 Å². The zero-order valence-electron chi connectivity index (χ0n) is 18.3. The molecule has 2 rings (SSSR count). The van der Waals surface area contributed by atoms with E-state index in [-0.39, 0.29) is 30.2 Å². The van der Waals surface area contributed by atoms with E-state index >= 15 is 0 Å². The SMILES string of the molecule is CCCCCC(=O)N(CC(=O)N(Cc1ccc(F)cc1)Cc1cccs1)[C@@H](C)CC. The average Bonchev–Trinajstić information content (AvgIpc) is 3.25. The van der Waals surface area contributed by atoms with Gasteiger partial charge in [0, 0.05) is 23.9 Å². The van der Waals surface area contributed by atoms with Crippen LogP contribution in [0.4, 0.5) is 4.39 Å². The molecule has 164 valence electrons. The van der Waals surface area contributed by atoms with Crippen LogP contribution in [0.1, 0.15) is 63.3 Å². The van der Waals surface area contributed by atoms with Gasteiger partial charge in [-0.25, -0.2) is 4.39 Å². The number of nitrogens with zero attached hydrogens (tertiary/aromatic N) is 2. The molecule has 2 amide bonds. The van der Waals surface area contributed by atoms with Gasteiger partial charge in [0.1, 0.15) is 12.4 Å². The van der Waals surface area contributed by atoms with E-state index < -0.39 is 0 Å². The van der Waals surface area contributed by atoms with Gasteiger partial charge in [-0.3, -0.25) is 9.59 Å². The third-order valence-corrected chi connectivity index (χ3v) is 6.17. The Kier molecular flexibility index (Phi) is 10.0. The lowest BCUT2D eigenvalue weighted by molar-refractivity contribution is -0.143. The molecule has 0 fully saturated rings. The molecule has 1 heterocycles. The normalized spacial score (nSPS) is 11.9. The molecule has 0 radical (unpaired) electrons. The number of carbonyl (C=O) groups is 2. The van der Waals surface area contributed by atoms with Crippen molar-refractivity contribution in [3.8, 4) is 0 Å². The Morgan fingerprint density at radius 3 is 2.37 bits per heavy atom. The van der Waals surface area contributed by atoms with E-state index in [1.54, 1.807) is 33.3 Å². The first-order valence-electron chi connectivity index (χ1n) is 10.8. The van der Waals surface area contributed by atoms with Gasteiger partial charge in [-0.05, 0) is 48.9 Å². The minimum absolute atomic E-state index is 0.0116. The van der Waals surface area contributed by atoms with Crippen molar-refractivity contribution >= 4 is 23.2 Å². The van der Waals surface area contributed by atoms with E-state index in [9.17, 15) is 14.0 Å². The van der Waals surface area contributed by atoms with Gasteiger partial charge in [0.15, 0.2) is 0 Å². The summed E-state index contributed by atoms with van der Waals surface area (Å²) in [6.45, 7) is 7.07. The maximum Gasteiger partial charge on any atom is 0.242 e. The third kappa shape index (κ3) is 7.56. The number of carbonyl (C=O) groups excluding carboxylic acids is 2. The van der Waals surface area contributed by atoms with E-state index in [2.05, 4.69) is 6.92 Å². The molecule has 1 atom stereocenters. The molecule has 0 bridgehead atoms. The van der Waals surface area contributed by atoms with Gasteiger partial charge in [-0.15, -0.1) is 11.3 Å². The van der Waals surface area contributed by atoms with Crippen LogP contribution in [0.15, 0.2) is 41.8 Å². The highest BCUT2D eigenvalue weighted by Gasteiger charge is 2.24. The van der Waals surface area contributed by atoms with Crippen molar-refractivity contribution in [1.29, 1.82) is 0 Å². The molecule has 0 aliphatic carbocycles. The Labute approximate surface area is 183 Å². The number of amides is 2. The molecule has 30 heavy (non-hydrogen) atoms. The number of rotatable bonds is 12. The van der Waals surface area contributed by atoms with Crippen molar-refractivity contribution < 1.29 is 14.0 Å². The fraction of sp³-hybridized carbons (Fsp3) is 0.500. The van der Waals surface area contributed by atoms with Crippen LogP contribution in [0.2, 0.25) is 0 Å². The monoisotopic (exact) mass is 432 g/mol. The van der Waals surface area contributed by atoms with E-state index in [1.165, 1.54) is 12.1 Å². The number of halogens is 1. The zero-order valence-corrected chi connectivity index (χ0v) is 19.1. The van der Waals surface area contributed by atoms with E-state index in [0.29, 0.717) is 19.5 Å². The van der Waals surface area contributed by atoms with Gasteiger partial charge in [-0.2, -0.15) is 0 Å². The smallest absolute Gasteiger partial charge is 0.242 e. The van der Waals surface area contributed by atoms with Crippen LogP contribution in [-0.4, -0.2) is 34.2 Å². The number of benzene rings is 1. The van der Waals surface area contributed by atoms with Crippen LogP contribution >= 0.6 is 11.3 Å². The summed E-state index contributed by atoms with van der Waals surface area (Å²) in [5.74, 6) is -0.337. The Morgan fingerprint density at radius 2 is 1.77 bits per heavy atom. The molecule has 1 aromatic heterocycles. The lowest BCUT2D eigenvalue weighted by Gasteiger charge is -2.31. The van der Waals surface area contributed by atoms with Gasteiger partial charge in [0.2, 0.25) is 11.8 Å². The van der Waals surface area contributed by atoms with Crippen LogP contribution in [-0.2, 0) is 22.7 Å². The topological polar surface area (TPSA) is 40.6 Å². The second-order valence-electron chi connectivity index (χ2n) is 7.69. The number of hydrogen-bond acceptors (Lipinski definition) is 3. The van der Waals surface area contributed by atoms with Gasteiger partial charge in [-0.1, -0.05) is 44.9 Å². The van der Waals surface area contributed by atoms with Crippen molar-refractivity contribution in [3.05, 3.63) is 58.0 Å². The second kappa shape index (κ2) is 12.5. The lowest BCUT2D eigenvalue weighted by Crippen LogP contribution is -2.46. The molecule has 2 aromatic rings. The molecule has 0 N–H and O–H groups in total. The quantitative estimate of drug-likeness (QED) is 0.408. The van der Waals surface area contributed by atoms with Gasteiger partial charge < -0.3 is 9.80 Å². The molecule has 0 unspecified atom stereocenters. The third-order valence-electron chi connectivity index (χ3n) is 5.31. The fourth-order valence-electron chi connectivity index (χ4n) is 3.26. The molecule has 0 aliphatic heterocycles. The van der Waals surface area contributed by atoms with Gasteiger partial charge >= 0.3 is 0 Å². The highest BCUT2D eigenvalue weighted by molar-refractivity contribution is 7.09. The maximum atomic E-state index is 13.3. The number of hydrogen-bond donors (Lipinski definition) is 0. The van der Waals surface area contributed by atoms with Crippen molar-refractivity contribution in [3.63, 3.8) is 0 Å². The first-order chi connectivity index (χ1) is 14.4. The van der Waals surface area contributed by atoms with Crippen molar-refractivity contribution in [2.24, 2.45) is 0 Å². The predicted octanol–water partition coefficient (Wildman–Crippen LogP) is 5.62. The first kappa shape index (κ1) is 24.1. The highest BCUT2D eigenvalue weighted by Crippen LogP contribution is 2.17. The highest BCUT2D eigenvalue weighted by atomic mass is 32.1. The van der Waals surface area contributed by atoms with E-state index in [4.69, 9.17) is 0 Å². The summed E-state index contributed by atoms with van der Waals surface area (Å²) in [6.07, 6.45) is 4.21. The van der Waals surface area contributed by atoms with Gasteiger partial charge in [0.25, 0.3) is 0 Å². The average molecular weight is 433 g/mol. The fourth-order valence-corrected chi connectivity index (χ4v) is 3.98. The van der Waals surface area contributed by atoms with Crippen LogP contribution < -0.4 is 0 Å². The first-order valence-corrected chi connectivity index (χ1v) is 11.7. The second-order valence-corrected chi connectivity index (χ2v) is 8.72. The molecule has 0 saturated carbocycles. The summed E-state index contributed by atoms with van der Waals surface area (Å²) >= 11 is 1.60. The summed E-state index contributed by atoms with van der Waals surface area (Å²) in [6, 6.07) is 10.2. The Morgan fingerprint density at radius 1 is 1.03 bits per heavy atom. The number of thiophene rings is 1. The Hall–Kier alpha value is -2.21. The van der Waals surface area contributed by atoms with Crippen LogP contribution in [0.5, 0.6) is 0 Å². The molecule has 0 spiro atoms. The van der Waals surface area contributed by atoms with Gasteiger partial charge in [0.05, 0.1) is 6.54 Å². The maximum absolute atomic E-state index is 13.3. The largest absolute Gasteiger partial charge is 0.332 e. The lowest BCUT2D eigenvalue weighted by atomic mass is 10.1. The molecular weight excluding hydrogens is 399 g/mol. The van der Waals surface area contributed by atoms with Crippen molar-refractivity contribution in [2.45, 2.75) is 72.0 Å². The number of unbranched alkanes of at least 4 members (excludes halogenated alkanes) is 2. The Balaban J connectivity index is 2.14. The minimum atomic E-state index is -0.296. The molecule has 1 aromatic carbocycles. The summed E-state index contributed by atoms with van der Waals surface area (Å²) in [5, 5.41) is 1.98. The summed E-state index contributed by atoms with van der Waals surface area (Å²) in [7, 11) is 0.